The van der Waals surface area contributed by atoms with E-state index in [9.17, 15) is 9.59 Å². The molecule has 3 aliphatic rings. The Balaban J connectivity index is 1.56. The largest absolute Gasteiger partial charge is 0.460 e. The van der Waals surface area contributed by atoms with Crippen molar-refractivity contribution in [2.24, 2.45) is 0 Å². The van der Waals surface area contributed by atoms with Crippen molar-refractivity contribution in [3.05, 3.63) is 80.1 Å². The molecule has 0 spiro atoms. The van der Waals surface area contributed by atoms with Crippen LogP contribution in [0.4, 0.5) is 0 Å². The molecule has 0 radical (unpaired) electrons. The molecule has 0 fully saturated rings. The van der Waals surface area contributed by atoms with Crippen LogP contribution in [-0.2, 0) is 19.1 Å². The maximum atomic E-state index is 13.8. The van der Waals surface area contributed by atoms with E-state index in [0.717, 1.165) is 11.3 Å². The monoisotopic (exact) mass is 543 g/mol. The lowest BCUT2D eigenvalue weighted by Crippen LogP contribution is -2.36. The fourth-order valence-corrected chi connectivity index (χ4v) is 5.55. The van der Waals surface area contributed by atoms with E-state index in [-0.39, 0.29) is 31.7 Å². The fraction of sp³-hybridized carbons (Fsp3) is 0.357. The molecule has 0 aromatic heterocycles. The molecule has 0 bridgehead atoms. The van der Waals surface area contributed by atoms with E-state index >= 15 is 0 Å². The summed E-state index contributed by atoms with van der Waals surface area (Å²) in [5, 5.41) is 4.37. The van der Waals surface area contributed by atoms with E-state index < -0.39 is 11.9 Å². The van der Waals surface area contributed by atoms with Crippen LogP contribution in [0.3, 0.4) is 0 Å². The van der Waals surface area contributed by atoms with Gasteiger partial charge in [-0.15, -0.1) is 0 Å². The maximum Gasteiger partial charge on any atom is 0.336 e. The number of benzene rings is 2. The van der Waals surface area contributed by atoms with Crippen LogP contribution in [0.15, 0.2) is 58.9 Å². The minimum Gasteiger partial charge on any atom is -0.460 e. The highest BCUT2D eigenvalue weighted by atomic mass is 35.5. The zero-order chi connectivity index (χ0) is 26.1. The Morgan fingerprint density at radius 2 is 1.81 bits per heavy atom. The summed E-state index contributed by atoms with van der Waals surface area (Å²) >= 11 is 12.8. The van der Waals surface area contributed by atoms with Crippen molar-refractivity contribution in [2.45, 2.75) is 38.5 Å². The molecule has 2 aromatic carbocycles. The van der Waals surface area contributed by atoms with Crippen LogP contribution in [0.25, 0.3) is 0 Å². The van der Waals surface area contributed by atoms with Gasteiger partial charge in [-0.3, -0.25) is 4.79 Å². The van der Waals surface area contributed by atoms with Crippen LogP contribution in [0, 0.1) is 0 Å². The second kappa shape index (κ2) is 10.8. The number of ether oxygens (including phenoxy) is 4. The van der Waals surface area contributed by atoms with Crippen molar-refractivity contribution in [2.75, 3.05) is 26.6 Å². The van der Waals surface area contributed by atoms with Crippen molar-refractivity contribution in [3.8, 4) is 11.5 Å². The summed E-state index contributed by atoms with van der Waals surface area (Å²) in [5.74, 6) is -0.268. The highest BCUT2D eigenvalue weighted by Gasteiger charge is 2.42. The van der Waals surface area contributed by atoms with Crippen molar-refractivity contribution >= 4 is 35.0 Å². The van der Waals surface area contributed by atoms with Gasteiger partial charge in [-0.2, -0.15) is 0 Å². The van der Waals surface area contributed by atoms with Crippen LogP contribution >= 0.6 is 23.2 Å². The third-order valence-corrected chi connectivity index (χ3v) is 7.44. The molecule has 0 unspecified atom stereocenters. The minimum absolute atomic E-state index is 0.0172. The van der Waals surface area contributed by atoms with Crippen LogP contribution in [0.2, 0.25) is 10.0 Å². The van der Waals surface area contributed by atoms with E-state index in [4.69, 9.17) is 42.1 Å². The molecule has 1 aliphatic carbocycles. The first-order valence-electron chi connectivity index (χ1n) is 12.2. The number of esters is 1. The number of Topliss-reactive ketones (excluding diaryl/α,β-unsaturated/α-hetero) is 1. The number of rotatable bonds is 7. The Morgan fingerprint density at radius 1 is 1.08 bits per heavy atom. The molecule has 7 nitrogen and oxygen atoms in total. The third-order valence-electron chi connectivity index (χ3n) is 6.86. The second-order valence-corrected chi connectivity index (χ2v) is 9.97. The topological polar surface area (TPSA) is 83.1 Å². The zero-order valence-electron chi connectivity index (χ0n) is 20.6. The summed E-state index contributed by atoms with van der Waals surface area (Å²) in [4.78, 5) is 27.1. The molecule has 1 N–H and O–H groups in total. The Kier molecular flexibility index (Phi) is 7.47. The Morgan fingerprint density at radius 3 is 2.54 bits per heavy atom. The van der Waals surface area contributed by atoms with Gasteiger partial charge >= 0.3 is 5.97 Å². The SMILES string of the molecule is CCOCCOC(=O)C1=C(C)NC2=C(C(=O)C[C@H](c3ccc(Cl)cc3)C2)[C@@H]1c1cc2c(cc1Cl)OCO2. The normalized spacial score (nSPS) is 20.6. The van der Waals surface area contributed by atoms with Gasteiger partial charge in [0, 0.05) is 52.0 Å². The summed E-state index contributed by atoms with van der Waals surface area (Å²) in [6, 6.07) is 11.0. The van der Waals surface area contributed by atoms with Crippen LogP contribution in [0.5, 0.6) is 11.5 Å². The molecule has 37 heavy (non-hydrogen) atoms. The molecule has 0 saturated carbocycles. The number of halogens is 2. The van der Waals surface area contributed by atoms with Gasteiger partial charge in [0.2, 0.25) is 6.79 Å². The van der Waals surface area contributed by atoms with Crippen molar-refractivity contribution in [3.63, 3.8) is 0 Å². The second-order valence-electron chi connectivity index (χ2n) is 9.13. The first-order chi connectivity index (χ1) is 17.9. The molecular formula is C28H27Cl2NO6. The van der Waals surface area contributed by atoms with Gasteiger partial charge in [0.1, 0.15) is 6.61 Å². The minimum atomic E-state index is -0.712. The van der Waals surface area contributed by atoms with E-state index in [1.165, 1.54) is 0 Å². The summed E-state index contributed by atoms with van der Waals surface area (Å²) in [7, 11) is 0. The van der Waals surface area contributed by atoms with Gasteiger partial charge in [0.25, 0.3) is 0 Å². The first-order valence-corrected chi connectivity index (χ1v) is 13.0. The Hall–Kier alpha value is -3.00. The van der Waals surface area contributed by atoms with Gasteiger partial charge in [0.15, 0.2) is 17.3 Å². The predicted molar refractivity (Wildman–Crippen MR) is 139 cm³/mol. The lowest BCUT2D eigenvalue weighted by atomic mass is 9.71. The van der Waals surface area contributed by atoms with E-state index in [2.05, 4.69) is 5.32 Å². The highest BCUT2D eigenvalue weighted by Crippen LogP contribution is 2.49. The number of nitrogens with one attached hydrogen (secondary N) is 1. The summed E-state index contributed by atoms with van der Waals surface area (Å²) in [5.41, 5.74) is 3.88. The van der Waals surface area contributed by atoms with Crippen molar-refractivity contribution < 1.29 is 28.5 Å². The molecule has 0 amide bonds. The summed E-state index contributed by atoms with van der Waals surface area (Å²) in [6.45, 7) is 4.68. The third kappa shape index (κ3) is 5.08. The average Bonchev–Trinajstić information content (AvgIpc) is 3.32. The smallest absolute Gasteiger partial charge is 0.336 e. The fourth-order valence-electron chi connectivity index (χ4n) is 5.16. The molecule has 0 saturated heterocycles. The number of hydrogen-bond donors (Lipinski definition) is 1. The van der Waals surface area contributed by atoms with Gasteiger partial charge < -0.3 is 24.3 Å². The zero-order valence-corrected chi connectivity index (χ0v) is 22.1. The molecule has 5 rings (SSSR count). The molecule has 2 atom stereocenters. The lowest BCUT2D eigenvalue weighted by molar-refractivity contribution is -0.140. The number of dihydropyridines is 1. The predicted octanol–water partition coefficient (Wildman–Crippen LogP) is 5.66. The lowest BCUT2D eigenvalue weighted by Gasteiger charge is -2.37. The number of fused-ring (bicyclic) bond motifs is 1. The van der Waals surface area contributed by atoms with E-state index in [1.807, 2.05) is 38.1 Å². The van der Waals surface area contributed by atoms with Crippen molar-refractivity contribution in [1.29, 1.82) is 0 Å². The number of ketones is 1. The van der Waals surface area contributed by atoms with Gasteiger partial charge in [0.05, 0.1) is 12.2 Å². The first kappa shape index (κ1) is 25.6. The number of carbonyl (C=O) groups is 2. The van der Waals surface area contributed by atoms with Gasteiger partial charge in [-0.1, -0.05) is 35.3 Å². The quantitative estimate of drug-likeness (QED) is 0.356. The number of carbonyl (C=O) groups excluding carboxylic acids is 2. The molecule has 2 aliphatic heterocycles. The Bertz CT molecular complexity index is 1300. The van der Waals surface area contributed by atoms with E-state index in [0.29, 0.717) is 63.4 Å². The molecule has 2 aromatic rings. The van der Waals surface area contributed by atoms with Gasteiger partial charge in [-0.05, 0) is 55.5 Å². The Labute approximate surface area is 225 Å². The number of hydrogen-bond acceptors (Lipinski definition) is 7. The molecule has 9 heteroatoms. The van der Waals surface area contributed by atoms with Crippen LogP contribution < -0.4 is 14.8 Å². The summed E-state index contributed by atoms with van der Waals surface area (Å²) < 4.78 is 21.9. The average molecular weight is 544 g/mol. The summed E-state index contributed by atoms with van der Waals surface area (Å²) in [6.07, 6.45) is 0.901. The molecule has 194 valence electrons. The highest BCUT2D eigenvalue weighted by molar-refractivity contribution is 6.32. The molecular weight excluding hydrogens is 517 g/mol. The maximum absolute atomic E-state index is 13.8. The molecule has 2 heterocycles. The van der Waals surface area contributed by atoms with E-state index in [1.54, 1.807) is 12.1 Å². The van der Waals surface area contributed by atoms with Crippen molar-refractivity contribution in [1.82, 2.24) is 5.32 Å². The van der Waals surface area contributed by atoms with Gasteiger partial charge in [-0.25, -0.2) is 4.79 Å². The number of allylic oxidation sites excluding steroid dienone is 3. The van der Waals surface area contributed by atoms with Crippen LogP contribution in [-0.4, -0.2) is 38.4 Å². The van der Waals surface area contributed by atoms with Crippen LogP contribution in [0.1, 0.15) is 49.7 Å². The standard InChI is InChI=1S/C28H27Cl2NO6/c1-3-34-8-9-35-28(33)25-15(2)31-21-10-17(16-4-6-18(29)7-5-16)11-22(32)27(21)26(25)19-12-23-24(13-20(19)30)37-14-36-23/h4-7,12-13,17,26,31H,3,8-11,14H2,1-2H3/t17-,26-/m1/s1.